The van der Waals surface area contributed by atoms with Crippen LogP contribution in [0.3, 0.4) is 0 Å². The quantitative estimate of drug-likeness (QED) is 0.870. The van der Waals surface area contributed by atoms with Crippen LogP contribution in [0.2, 0.25) is 5.02 Å². The third-order valence-electron chi connectivity index (χ3n) is 3.78. The van der Waals surface area contributed by atoms with Gasteiger partial charge in [0, 0.05) is 50.7 Å². The Bertz CT molecular complexity index is 447. The molecule has 0 bridgehead atoms. The van der Waals surface area contributed by atoms with Crippen LogP contribution in [0.5, 0.6) is 0 Å². The van der Waals surface area contributed by atoms with Gasteiger partial charge in [-0.3, -0.25) is 4.90 Å². The largest absolute Gasteiger partial charge is 0.388 e. The Morgan fingerprint density at radius 3 is 2.70 bits per heavy atom. The summed E-state index contributed by atoms with van der Waals surface area (Å²) in [6.07, 6.45) is 1.38. The number of hydrogen-bond donors (Lipinski definition) is 2. The fourth-order valence-corrected chi connectivity index (χ4v) is 2.87. The molecular formula is C15H23ClN2O2. The monoisotopic (exact) mass is 298 g/mol. The van der Waals surface area contributed by atoms with Crippen molar-refractivity contribution in [2.24, 2.45) is 5.73 Å². The Hall–Kier alpha value is -0.650. The fourth-order valence-electron chi connectivity index (χ4n) is 2.60. The van der Waals surface area contributed by atoms with Gasteiger partial charge in [0.1, 0.15) is 0 Å². The highest BCUT2D eigenvalue weighted by molar-refractivity contribution is 6.31. The number of ether oxygens (including phenoxy) is 1. The highest BCUT2D eigenvalue weighted by atomic mass is 35.5. The molecule has 112 valence electrons. The first-order valence-corrected chi connectivity index (χ1v) is 7.36. The van der Waals surface area contributed by atoms with E-state index >= 15 is 0 Å². The van der Waals surface area contributed by atoms with Crippen LogP contribution in [-0.2, 0) is 17.8 Å². The zero-order valence-electron chi connectivity index (χ0n) is 11.9. The Labute approximate surface area is 125 Å². The smallest absolute Gasteiger partial charge is 0.0817 e. The second-order valence-electron chi connectivity index (χ2n) is 5.64. The van der Waals surface area contributed by atoms with E-state index in [9.17, 15) is 5.11 Å². The van der Waals surface area contributed by atoms with Crippen molar-refractivity contribution in [3.8, 4) is 0 Å². The molecule has 5 heteroatoms. The normalized spacial score (nSPS) is 18.4. The predicted octanol–water partition coefficient (Wildman–Crippen LogP) is 1.77. The average Bonchev–Trinajstić information content (AvgIpc) is 2.41. The standard InChI is InChI=1S/C15H23ClN2O2/c1-18(11-15(19)4-6-20-7-5-15)10-13-3-2-12(9-17)8-14(13)16/h2-3,8,19H,4-7,9-11,17H2,1H3. The number of halogens is 1. The number of likely N-dealkylation sites (N-methyl/N-ethyl adjacent to an activating group) is 1. The summed E-state index contributed by atoms with van der Waals surface area (Å²) in [5.41, 5.74) is 7.04. The SMILES string of the molecule is CN(Cc1ccc(CN)cc1Cl)CC1(O)CCOCC1. The molecule has 1 saturated heterocycles. The molecular weight excluding hydrogens is 276 g/mol. The Balaban J connectivity index is 1.95. The fraction of sp³-hybridized carbons (Fsp3) is 0.600. The van der Waals surface area contributed by atoms with Gasteiger partial charge in [0.25, 0.3) is 0 Å². The number of benzene rings is 1. The minimum absolute atomic E-state index is 0.496. The van der Waals surface area contributed by atoms with Gasteiger partial charge in [0.05, 0.1) is 5.60 Å². The van der Waals surface area contributed by atoms with Crippen molar-refractivity contribution in [3.05, 3.63) is 34.3 Å². The van der Waals surface area contributed by atoms with Crippen LogP contribution < -0.4 is 5.73 Å². The highest BCUT2D eigenvalue weighted by Crippen LogP contribution is 2.24. The van der Waals surface area contributed by atoms with E-state index in [4.69, 9.17) is 22.1 Å². The summed E-state index contributed by atoms with van der Waals surface area (Å²) >= 11 is 6.26. The molecule has 1 aromatic carbocycles. The molecule has 0 atom stereocenters. The van der Waals surface area contributed by atoms with Crippen LogP contribution >= 0.6 is 11.6 Å². The summed E-state index contributed by atoms with van der Waals surface area (Å²) in [5.74, 6) is 0. The van der Waals surface area contributed by atoms with E-state index in [-0.39, 0.29) is 0 Å². The number of hydrogen-bond acceptors (Lipinski definition) is 4. The number of rotatable bonds is 5. The van der Waals surface area contributed by atoms with Gasteiger partial charge in [0.15, 0.2) is 0 Å². The molecule has 1 fully saturated rings. The zero-order chi connectivity index (χ0) is 14.6. The molecule has 0 amide bonds. The van der Waals surface area contributed by atoms with Gasteiger partial charge >= 0.3 is 0 Å². The molecule has 3 N–H and O–H groups in total. The van der Waals surface area contributed by atoms with Crippen LogP contribution in [0.1, 0.15) is 24.0 Å². The van der Waals surface area contributed by atoms with Crippen molar-refractivity contribution >= 4 is 11.6 Å². The van der Waals surface area contributed by atoms with E-state index in [1.54, 1.807) is 0 Å². The molecule has 0 unspecified atom stereocenters. The summed E-state index contributed by atoms with van der Waals surface area (Å²) in [6, 6.07) is 5.92. The number of aliphatic hydroxyl groups is 1. The summed E-state index contributed by atoms with van der Waals surface area (Å²) in [7, 11) is 2.00. The molecule has 1 heterocycles. The van der Waals surface area contributed by atoms with E-state index in [0.717, 1.165) is 16.1 Å². The summed E-state index contributed by atoms with van der Waals surface area (Å²) in [4.78, 5) is 2.11. The first kappa shape index (κ1) is 15.7. The molecule has 0 aliphatic carbocycles. The molecule has 2 rings (SSSR count). The van der Waals surface area contributed by atoms with Crippen LogP contribution in [0.4, 0.5) is 0 Å². The molecule has 20 heavy (non-hydrogen) atoms. The van der Waals surface area contributed by atoms with Gasteiger partial charge in [-0.25, -0.2) is 0 Å². The number of nitrogens with two attached hydrogens (primary N) is 1. The second-order valence-corrected chi connectivity index (χ2v) is 6.05. The van der Waals surface area contributed by atoms with E-state index in [2.05, 4.69) is 4.90 Å². The topological polar surface area (TPSA) is 58.7 Å². The zero-order valence-corrected chi connectivity index (χ0v) is 12.7. The van der Waals surface area contributed by atoms with E-state index in [1.807, 2.05) is 25.2 Å². The first-order valence-electron chi connectivity index (χ1n) is 6.98. The van der Waals surface area contributed by atoms with Gasteiger partial charge in [-0.15, -0.1) is 0 Å². The summed E-state index contributed by atoms with van der Waals surface area (Å²) in [6.45, 7) is 3.11. The molecule has 0 saturated carbocycles. The van der Waals surface area contributed by atoms with Crippen molar-refractivity contribution < 1.29 is 9.84 Å². The lowest BCUT2D eigenvalue weighted by atomic mass is 9.94. The predicted molar refractivity (Wildman–Crippen MR) is 80.7 cm³/mol. The molecule has 1 aliphatic rings. The molecule has 1 aliphatic heterocycles. The third-order valence-corrected chi connectivity index (χ3v) is 4.13. The maximum atomic E-state index is 10.5. The third kappa shape index (κ3) is 4.17. The lowest BCUT2D eigenvalue weighted by Crippen LogP contribution is -2.45. The van der Waals surface area contributed by atoms with Gasteiger partial charge in [0.2, 0.25) is 0 Å². The Morgan fingerprint density at radius 2 is 2.10 bits per heavy atom. The van der Waals surface area contributed by atoms with E-state index in [1.165, 1.54) is 0 Å². The molecule has 0 radical (unpaired) electrons. The maximum absolute atomic E-state index is 10.5. The molecule has 4 nitrogen and oxygen atoms in total. The number of nitrogens with zero attached hydrogens (tertiary/aromatic N) is 1. The minimum atomic E-state index is -0.642. The van der Waals surface area contributed by atoms with Crippen molar-refractivity contribution in [2.45, 2.75) is 31.5 Å². The Morgan fingerprint density at radius 1 is 1.40 bits per heavy atom. The van der Waals surface area contributed by atoms with Gasteiger partial charge in [-0.1, -0.05) is 23.7 Å². The first-order chi connectivity index (χ1) is 9.52. The maximum Gasteiger partial charge on any atom is 0.0817 e. The minimum Gasteiger partial charge on any atom is -0.388 e. The van der Waals surface area contributed by atoms with Gasteiger partial charge in [-0.05, 0) is 24.2 Å². The van der Waals surface area contributed by atoms with Crippen LogP contribution in [0, 0.1) is 0 Å². The molecule has 0 aromatic heterocycles. The molecule has 0 spiro atoms. The van der Waals surface area contributed by atoms with Crippen LogP contribution in [0.25, 0.3) is 0 Å². The van der Waals surface area contributed by atoms with Crippen molar-refractivity contribution in [1.29, 1.82) is 0 Å². The van der Waals surface area contributed by atoms with Crippen molar-refractivity contribution in [2.75, 3.05) is 26.8 Å². The van der Waals surface area contributed by atoms with E-state index < -0.39 is 5.60 Å². The van der Waals surface area contributed by atoms with Gasteiger partial charge in [-0.2, -0.15) is 0 Å². The van der Waals surface area contributed by atoms with Crippen molar-refractivity contribution in [1.82, 2.24) is 4.90 Å². The molecule has 1 aromatic rings. The summed E-state index contributed by atoms with van der Waals surface area (Å²) in [5, 5.41) is 11.2. The average molecular weight is 299 g/mol. The summed E-state index contributed by atoms with van der Waals surface area (Å²) < 4.78 is 5.30. The Kier molecular flexibility index (Phi) is 5.41. The van der Waals surface area contributed by atoms with Gasteiger partial charge < -0.3 is 15.6 Å². The highest BCUT2D eigenvalue weighted by Gasteiger charge is 2.31. The lowest BCUT2D eigenvalue weighted by Gasteiger charge is -2.35. The second kappa shape index (κ2) is 6.87. The van der Waals surface area contributed by atoms with Crippen LogP contribution in [0.15, 0.2) is 18.2 Å². The van der Waals surface area contributed by atoms with Crippen molar-refractivity contribution in [3.63, 3.8) is 0 Å². The van der Waals surface area contributed by atoms with E-state index in [0.29, 0.717) is 45.7 Å². The van der Waals surface area contributed by atoms with Crippen LogP contribution in [-0.4, -0.2) is 42.4 Å². The lowest BCUT2D eigenvalue weighted by molar-refractivity contribution is -0.0777.